The van der Waals surface area contributed by atoms with E-state index in [1.807, 2.05) is 23.9 Å². The monoisotopic (exact) mass is 344 g/mol. The van der Waals surface area contributed by atoms with Crippen molar-refractivity contribution in [2.45, 2.75) is 18.6 Å². The first-order valence-electron chi connectivity index (χ1n) is 6.28. The van der Waals surface area contributed by atoms with Gasteiger partial charge in [0.05, 0.1) is 11.0 Å². The van der Waals surface area contributed by atoms with Gasteiger partial charge in [-0.3, -0.25) is 10.1 Å². The molecule has 0 aliphatic carbocycles. The predicted molar refractivity (Wildman–Crippen MR) is 78.9 cm³/mol. The fraction of sp³-hybridized carbons (Fsp3) is 0.583. The zero-order chi connectivity index (χ0) is 14.9. The molecule has 1 fully saturated rings. The summed E-state index contributed by atoms with van der Waals surface area (Å²) in [4.78, 5) is 18.8. The molecule has 1 N–H and O–H groups in total. The first kappa shape index (κ1) is 15.1. The Bertz CT molecular complexity index is 511. The van der Waals surface area contributed by atoms with Gasteiger partial charge in [-0.25, -0.2) is 4.98 Å². The molecule has 0 saturated carbocycles. The van der Waals surface area contributed by atoms with E-state index in [0.29, 0.717) is 29.8 Å². The number of nitrogens with zero attached hydrogens (tertiary/aromatic N) is 4. The lowest BCUT2D eigenvalue weighted by molar-refractivity contribution is -0.384. The van der Waals surface area contributed by atoms with E-state index in [9.17, 15) is 15.2 Å². The minimum absolute atomic E-state index is 0.0207. The fourth-order valence-corrected chi connectivity index (χ4v) is 2.84. The average molecular weight is 345 g/mol. The Morgan fingerprint density at radius 2 is 2.35 bits per heavy atom. The van der Waals surface area contributed by atoms with Gasteiger partial charge in [-0.05, 0) is 36.4 Å². The van der Waals surface area contributed by atoms with E-state index in [4.69, 9.17) is 0 Å². The van der Waals surface area contributed by atoms with Crippen molar-refractivity contribution in [1.29, 1.82) is 0 Å². The van der Waals surface area contributed by atoms with Crippen molar-refractivity contribution in [1.82, 2.24) is 9.88 Å². The highest BCUT2D eigenvalue weighted by Gasteiger charge is 2.35. The molecule has 1 aliphatic rings. The topological polar surface area (TPSA) is 82.7 Å². The largest absolute Gasteiger partial charge is 0.391 e. The number of aliphatic hydroxyl groups is 1. The number of halogens is 1. The average Bonchev–Trinajstić information content (AvgIpc) is 2.69. The van der Waals surface area contributed by atoms with Crippen LogP contribution in [0, 0.1) is 10.1 Å². The number of rotatable bonds is 4. The Morgan fingerprint density at radius 3 is 2.95 bits per heavy atom. The molecule has 0 spiro atoms. The quantitative estimate of drug-likeness (QED) is 0.653. The van der Waals surface area contributed by atoms with E-state index < -0.39 is 11.0 Å². The predicted octanol–water partition coefficient (Wildman–Crippen LogP) is 1.25. The van der Waals surface area contributed by atoms with Gasteiger partial charge in [-0.15, -0.1) is 0 Å². The molecule has 1 aromatic heterocycles. The molecule has 2 rings (SSSR count). The number of hydrogen-bond donors (Lipinski definition) is 1. The van der Waals surface area contributed by atoms with Gasteiger partial charge in [-0.2, -0.15) is 0 Å². The van der Waals surface area contributed by atoms with Crippen molar-refractivity contribution in [2.24, 2.45) is 0 Å². The van der Waals surface area contributed by atoms with Crippen LogP contribution in [0.2, 0.25) is 0 Å². The maximum atomic E-state index is 11.2. The van der Waals surface area contributed by atoms with E-state index >= 15 is 0 Å². The molecular weight excluding hydrogens is 328 g/mol. The number of aliphatic hydroxyl groups excluding tert-OH is 1. The number of likely N-dealkylation sites (N-methyl/N-ethyl adjacent to an activating group) is 1. The third-order valence-electron chi connectivity index (χ3n) is 3.25. The van der Waals surface area contributed by atoms with Gasteiger partial charge in [0, 0.05) is 35.9 Å². The van der Waals surface area contributed by atoms with Crippen molar-refractivity contribution < 1.29 is 10.0 Å². The van der Waals surface area contributed by atoms with Crippen LogP contribution in [0.15, 0.2) is 16.7 Å². The lowest BCUT2D eigenvalue weighted by atomic mass is 10.2. The summed E-state index contributed by atoms with van der Waals surface area (Å²) >= 11 is 3.20. The van der Waals surface area contributed by atoms with Gasteiger partial charge in [0.2, 0.25) is 5.82 Å². The summed E-state index contributed by atoms with van der Waals surface area (Å²) in [6.07, 6.45) is 1.65. The molecule has 2 atom stereocenters. The van der Waals surface area contributed by atoms with Crippen molar-refractivity contribution in [3.8, 4) is 0 Å². The molecule has 7 nitrogen and oxygen atoms in total. The standard InChI is InChI=1S/C12H17BrN4O3/c1-15(2)6-9-4-10(18)7-16(9)12-11(17(19)20)3-8(13)5-14-12/h3,5,9-10,18H,4,6-7H2,1-2H3. The van der Waals surface area contributed by atoms with E-state index in [1.54, 1.807) is 6.20 Å². The minimum atomic E-state index is -0.481. The fourth-order valence-electron chi connectivity index (χ4n) is 2.52. The minimum Gasteiger partial charge on any atom is -0.391 e. The smallest absolute Gasteiger partial charge is 0.312 e. The summed E-state index contributed by atoms with van der Waals surface area (Å²) < 4.78 is 0.567. The molecule has 2 heterocycles. The highest BCUT2D eigenvalue weighted by Crippen LogP contribution is 2.33. The van der Waals surface area contributed by atoms with Crippen LogP contribution in [-0.4, -0.2) is 59.2 Å². The first-order chi connectivity index (χ1) is 9.38. The SMILES string of the molecule is CN(C)CC1CC(O)CN1c1ncc(Br)cc1[N+](=O)[O-]. The summed E-state index contributed by atoms with van der Waals surface area (Å²) in [5.74, 6) is 0.321. The van der Waals surface area contributed by atoms with Gasteiger partial charge in [0.15, 0.2) is 0 Å². The molecule has 1 aliphatic heterocycles. The van der Waals surface area contributed by atoms with Gasteiger partial charge in [0.1, 0.15) is 0 Å². The number of hydrogen-bond acceptors (Lipinski definition) is 6. The lowest BCUT2D eigenvalue weighted by Crippen LogP contribution is -2.38. The third-order valence-corrected chi connectivity index (χ3v) is 3.68. The van der Waals surface area contributed by atoms with Crippen LogP contribution < -0.4 is 4.90 Å². The Hall–Kier alpha value is -1.25. The Balaban J connectivity index is 2.36. The van der Waals surface area contributed by atoms with Crippen molar-refractivity contribution in [3.05, 3.63) is 26.9 Å². The maximum absolute atomic E-state index is 11.2. The summed E-state index contributed by atoms with van der Waals surface area (Å²) in [5, 5.41) is 21.0. The zero-order valence-electron chi connectivity index (χ0n) is 11.4. The molecular formula is C12H17BrN4O3. The molecule has 0 bridgehead atoms. The first-order valence-corrected chi connectivity index (χ1v) is 7.07. The summed E-state index contributed by atoms with van der Waals surface area (Å²) in [7, 11) is 3.87. The summed E-state index contributed by atoms with van der Waals surface area (Å²) in [6, 6.07) is 1.46. The number of anilines is 1. The van der Waals surface area contributed by atoms with Crippen LogP contribution in [0.3, 0.4) is 0 Å². The second kappa shape index (κ2) is 6.02. The Morgan fingerprint density at radius 1 is 1.65 bits per heavy atom. The number of aromatic nitrogens is 1. The van der Waals surface area contributed by atoms with Crippen LogP contribution in [0.5, 0.6) is 0 Å². The van der Waals surface area contributed by atoms with Gasteiger partial charge >= 0.3 is 5.69 Å². The van der Waals surface area contributed by atoms with E-state index in [-0.39, 0.29) is 11.7 Å². The summed E-state index contributed by atoms with van der Waals surface area (Å²) in [5.41, 5.74) is -0.0442. The molecule has 1 aromatic rings. The number of pyridine rings is 1. The maximum Gasteiger partial charge on any atom is 0.312 e. The van der Waals surface area contributed by atoms with Gasteiger partial charge in [-0.1, -0.05) is 0 Å². The van der Waals surface area contributed by atoms with Crippen molar-refractivity contribution in [2.75, 3.05) is 32.1 Å². The molecule has 2 unspecified atom stereocenters. The molecule has 20 heavy (non-hydrogen) atoms. The molecule has 1 saturated heterocycles. The van der Waals surface area contributed by atoms with Crippen LogP contribution >= 0.6 is 15.9 Å². The van der Waals surface area contributed by atoms with E-state index in [1.165, 1.54) is 6.07 Å². The number of β-amino-alcohol motifs (C(OH)–C–C–N with tert-alkyl or cyclic N) is 1. The second-order valence-electron chi connectivity index (χ2n) is 5.21. The second-order valence-corrected chi connectivity index (χ2v) is 6.13. The van der Waals surface area contributed by atoms with Crippen LogP contribution in [-0.2, 0) is 0 Å². The Labute approximate surface area is 125 Å². The van der Waals surface area contributed by atoms with Gasteiger partial charge < -0.3 is 14.9 Å². The zero-order valence-corrected chi connectivity index (χ0v) is 12.9. The normalized spacial score (nSPS) is 22.6. The lowest BCUT2D eigenvalue weighted by Gasteiger charge is -2.27. The van der Waals surface area contributed by atoms with Gasteiger partial charge in [0.25, 0.3) is 0 Å². The summed E-state index contributed by atoms with van der Waals surface area (Å²) in [6.45, 7) is 1.08. The third kappa shape index (κ3) is 3.25. The van der Waals surface area contributed by atoms with Crippen molar-refractivity contribution in [3.63, 3.8) is 0 Å². The van der Waals surface area contributed by atoms with E-state index in [0.717, 1.165) is 0 Å². The number of nitro groups is 1. The molecule has 0 radical (unpaired) electrons. The van der Waals surface area contributed by atoms with Crippen LogP contribution in [0.25, 0.3) is 0 Å². The van der Waals surface area contributed by atoms with E-state index in [2.05, 4.69) is 20.9 Å². The van der Waals surface area contributed by atoms with Crippen molar-refractivity contribution >= 4 is 27.4 Å². The van der Waals surface area contributed by atoms with Crippen LogP contribution in [0.1, 0.15) is 6.42 Å². The highest BCUT2D eigenvalue weighted by molar-refractivity contribution is 9.10. The van der Waals surface area contributed by atoms with Crippen LogP contribution in [0.4, 0.5) is 11.5 Å². The Kier molecular flexibility index (Phi) is 4.56. The molecule has 0 amide bonds. The molecule has 0 aromatic carbocycles. The molecule has 110 valence electrons. The highest BCUT2D eigenvalue weighted by atomic mass is 79.9. The molecule has 8 heteroatoms.